The summed E-state index contributed by atoms with van der Waals surface area (Å²) in [7, 11) is 3.07. The molecule has 1 aliphatic rings. The van der Waals surface area contributed by atoms with Crippen molar-refractivity contribution in [2.24, 2.45) is 0 Å². The zero-order valence-electron chi connectivity index (χ0n) is 18.9. The van der Waals surface area contributed by atoms with Crippen LogP contribution in [0.15, 0.2) is 78.9 Å². The van der Waals surface area contributed by atoms with Crippen LogP contribution >= 0.6 is 0 Å². The Labute approximate surface area is 194 Å². The Kier molecular flexibility index (Phi) is 6.93. The highest BCUT2D eigenvalue weighted by Gasteiger charge is 2.32. The van der Waals surface area contributed by atoms with Gasteiger partial charge in [-0.25, -0.2) is 0 Å². The first-order chi connectivity index (χ1) is 16.1. The van der Waals surface area contributed by atoms with E-state index >= 15 is 0 Å². The Balaban J connectivity index is 1.51. The van der Waals surface area contributed by atoms with Crippen molar-refractivity contribution in [1.82, 2.24) is 9.80 Å². The van der Waals surface area contributed by atoms with Crippen molar-refractivity contribution in [2.45, 2.75) is 5.92 Å². The molecule has 0 spiro atoms. The Morgan fingerprint density at radius 3 is 1.58 bits per heavy atom. The van der Waals surface area contributed by atoms with E-state index in [0.29, 0.717) is 43.2 Å². The molecule has 0 bridgehead atoms. The fraction of sp³-hybridized carbons (Fsp3) is 0.259. The number of ether oxygens (including phenoxy) is 2. The number of amides is 2. The molecule has 4 rings (SSSR count). The largest absolute Gasteiger partial charge is 0.496 e. The van der Waals surface area contributed by atoms with Crippen LogP contribution in [-0.4, -0.2) is 62.0 Å². The summed E-state index contributed by atoms with van der Waals surface area (Å²) >= 11 is 0. The molecule has 33 heavy (non-hydrogen) atoms. The Hall–Kier alpha value is -3.80. The van der Waals surface area contributed by atoms with Crippen molar-refractivity contribution < 1.29 is 19.1 Å². The van der Waals surface area contributed by atoms with E-state index in [0.717, 1.165) is 11.1 Å². The minimum absolute atomic E-state index is 0.0503. The van der Waals surface area contributed by atoms with Crippen LogP contribution in [0, 0.1) is 0 Å². The topological polar surface area (TPSA) is 59.1 Å². The van der Waals surface area contributed by atoms with Gasteiger partial charge in [-0.3, -0.25) is 9.59 Å². The van der Waals surface area contributed by atoms with Crippen molar-refractivity contribution >= 4 is 11.8 Å². The van der Waals surface area contributed by atoms with Crippen LogP contribution in [0.3, 0.4) is 0 Å². The fourth-order valence-electron chi connectivity index (χ4n) is 4.30. The van der Waals surface area contributed by atoms with Gasteiger partial charge < -0.3 is 19.3 Å². The van der Waals surface area contributed by atoms with Gasteiger partial charge in [0.05, 0.1) is 20.1 Å². The second-order valence-corrected chi connectivity index (χ2v) is 7.91. The van der Waals surface area contributed by atoms with Crippen LogP contribution in [0.4, 0.5) is 0 Å². The van der Waals surface area contributed by atoms with Crippen molar-refractivity contribution in [2.75, 3.05) is 40.4 Å². The molecule has 0 saturated carbocycles. The molecule has 1 aliphatic heterocycles. The molecule has 1 heterocycles. The number of carbonyl (C=O) groups is 2. The van der Waals surface area contributed by atoms with Gasteiger partial charge in [-0.1, -0.05) is 66.7 Å². The van der Waals surface area contributed by atoms with Crippen LogP contribution in [0.1, 0.15) is 27.4 Å². The third-order valence-electron chi connectivity index (χ3n) is 6.03. The molecule has 6 nitrogen and oxygen atoms in total. The number of carbonyl (C=O) groups excluding carboxylic acids is 2. The summed E-state index contributed by atoms with van der Waals surface area (Å²) in [4.78, 5) is 30.5. The maximum Gasteiger partial charge on any atom is 0.261 e. The van der Waals surface area contributed by atoms with Crippen molar-refractivity contribution in [1.29, 1.82) is 0 Å². The Morgan fingerprint density at radius 2 is 1.12 bits per heavy atom. The van der Waals surface area contributed by atoms with Gasteiger partial charge in [0.2, 0.25) is 5.91 Å². The summed E-state index contributed by atoms with van der Waals surface area (Å²) in [6, 6.07) is 25.0. The predicted molar refractivity (Wildman–Crippen MR) is 127 cm³/mol. The molecule has 6 heteroatoms. The van der Waals surface area contributed by atoms with Gasteiger partial charge in [0.1, 0.15) is 17.1 Å². The van der Waals surface area contributed by atoms with E-state index < -0.39 is 0 Å². The first-order valence-electron chi connectivity index (χ1n) is 11.0. The molecule has 1 saturated heterocycles. The maximum atomic E-state index is 13.6. The first kappa shape index (κ1) is 22.4. The third kappa shape index (κ3) is 4.70. The zero-order valence-corrected chi connectivity index (χ0v) is 18.9. The average molecular weight is 445 g/mol. The summed E-state index contributed by atoms with van der Waals surface area (Å²) in [6.07, 6.45) is 0. The summed E-state index contributed by atoms with van der Waals surface area (Å²) in [5.41, 5.74) is 2.34. The number of piperazine rings is 1. The van der Waals surface area contributed by atoms with Crippen molar-refractivity contribution in [3.8, 4) is 11.5 Å². The molecule has 0 unspecified atom stereocenters. The lowest BCUT2D eigenvalue weighted by Crippen LogP contribution is -2.51. The molecule has 0 radical (unpaired) electrons. The lowest BCUT2D eigenvalue weighted by molar-refractivity contribution is -0.133. The van der Waals surface area contributed by atoms with Crippen molar-refractivity contribution in [3.05, 3.63) is 95.6 Å². The fourth-order valence-corrected chi connectivity index (χ4v) is 4.30. The van der Waals surface area contributed by atoms with Gasteiger partial charge in [-0.2, -0.15) is 0 Å². The predicted octanol–water partition coefficient (Wildman–Crippen LogP) is 3.82. The Morgan fingerprint density at radius 1 is 0.667 bits per heavy atom. The van der Waals surface area contributed by atoms with E-state index in [1.807, 2.05) is 65.6 Å². The van der Waals surface area contributed by atoms with E-state index in [1.165, 1.54) is 14.2 Å². The van der Waals surface area contributed by atoms with Gasteiger partial charge in [-0.05, 0) is 23.3 Å². The SMILES string of the molecule is COc1cccc(OC)c1C(=O)N1CCN(C(=O)C(c2ccccc2)c2ccccc2)CC1. The molecular formula is C27H28N2O4. The van der Waals surface area contributed by atoms with Crippen molar-refractivity contribution in [3.63, 3.8) is 0 Å². The number of rotatable bonds is 6. The molecule has 0 N–H and O–H groups in total. The summed E-state index contributed by atoms with van der Waals surface area (Å²) < 4.78 is 10.8. The molecule has 3 aromatic carbocycles. The zero-order chi connectivity index (χ0) is 23.2. The average Bonchev–Trinajstić information content (AvgIpc) is 2.89. The molecular weight excluding hydrogens is 416 g/mol. The van der Waals surface area contributed by atoms with Crippen LogP contribution in [-0.2, 0) is 4.79 Å². The Bertz CT molecular complexity index is 1030. The van der Waals surface area contributed by atoms with E-state index in [2.05, 4.69) is 0 Å². The maximum absolute atomic E-state index is 13.6. The minimum Gasteiger partial charge on any atom is -0.496 e. The molecule has 0 aromatic heterocycles. The number of nitrogens with zero attached hydrogens (tertiary/aromatic N) is 2. The minimum atomic E-state index is -0.371. The van der Waals surface area contributed by atoms with E-state index in [1.54, 1.807) is 23.1 Å². The lowest BCUT2D eigenvalue weighted by atomic mass is 9.90. The normalized spacial score (nSPS) is 13.7. The van der Waals surface area contributed by atoms with E-state index in [4.69, 9.17) is 9.47 Å². The molecule has 0 atom stereocenters. The van der Waals surface area contributed by atoms with E-state index in [9.17, 15) is 9.59 Å². The monoisotopic (exact) mass is 444 g/mol. The number of benzene rings is 3. The second kappa shape index (κ2) is 10.2. The van der Waals surface area contributed by atoms with Crippen LogP contribution < -0.4 is 9.47 Å². The summed E-state index contributed by atoms with van der Waals surface area (Å²) in [5.74, 6) is 0.481. The number of hydrogen-bond donors (Lipinski definition) is 0. The highest BCUT2D eigenvalue weighted by Crippen LogP contribution is 2.31. The van der Waals surface area contributed by atoms with Gasteiger partial charge in [0.15, 0.2) is 0 Å². The second-order valence-electron chi connectivity index (χ2n) is 7.91. The highest BCUT2D eigenvalue weighted by atomic mass is 16.5. The lowest BCUT2D eigenvalue weighted by Gasteiger charge is -2.37. The smallest absolute Gasteiger partial charge is 0.261 e. The quantitative estimate of drug-likeness (QED) is 0.580. The van der Waals surface area contributed by atoms with Crippen LogP contribution in [0.5, 0.6) is 11.5 Å². The van der Waals surface area contributed by atoms with Gasteiger partial charge in [0.25, 0.3) is 5.91 Å². The van der Waals surface area contributed by atoms with Crippen LogP contribution in [0.25, 0.3) is 0 Å². The first-order valence-corrected chi connectivity index (χ1v) is 11.0. The summed E-state index contributed by atoms with van der Waals surface area (Å²) in [5, 5.41) is 0. The third-order valence-corrected chi connectivity index (χ3v) is 6.03. The molecule has 2 amide bonds. The van der Waals surface area contributed by atoms with Gasteiger partial charge in [0, 0.05) is 26.2 Å². The van der Waals surface area contributed by atoms with E-state index in [-0.39, 0.29) is 17.7 Å². The molecule has 0 aliphatic carbocycles. The number of methoxy groups -OCH3 is 2. The summed E-state index contributed by atoms with van der Waals surface area (Å²) in [6.45, 7) is 1.83. The standard InChI is InChI=1S/C27H28N2O4/c1-32-22-14-9-15-23(33-2)25(22)27(31)29-18-16-28(17-19-29)26(30)24(20-10-5-3-6-11-20)21-12-7-4-8-13-21/h3-15,24H,16-19H2,1-2H3. The van der Waals surface area contributed by atoms with Crippen LogP contribution in [0.2, 0.25) is 0 Å². The number of hydrogen-bond acceptors (Lipinski definition) is 4. The van der Waals surface area contributed by atoms with Gasteiger partial charge in [-0.15, -0.1) is 0 Å². The molecule has 1 fully saturated rings. The molecule has 3 aromatic rings. The van der Waals surface area contributed by atoms with Gasteiger partial charge >= 0.3 is 0 Å². The highest BCUT2D eigenvalue weighted by molar-refractivity contribution is 6.00. The molecule has 170 valence electrons.